The molecular formula is C29H38N6O5S2. The Morgan fingerprint density at radius 3 is 2.29 bits per heavy atom. The molecule has 0 bridgehead atoms. The van der Waals surface area contributed by atoms with Gasteiger partial charge in [-0.2, -0.15) is 0 Å². The fraction of sp³-hybridized carbons (Fsp3) is 0.345. The molecule has 2 atom stereocenters. The Balaban J connectivity index is 1.59. The van der Waals surface area contributed by atoms with Crippen LogP contribution in [0.25, 0.3) is 10.8 Å². The van der Waals surface area contributed by atoms with E-state index in [2.05, 4.69) is 15.4 Å². The second-order valence-corrected chi connectivity index (χ2v) is 12.8. The molecule has 226 valence electrons. The largest absolute Gasteiger partial charge is 0.377 e. The fourth-order valence-corrected chi connectivity index (χ4v) is 6.56. The molecule has 0 fully saturated rings. The lowest BCUT2D eigenvalue weighted by Gasteiger charge is -2.19. The van der Waals surface area contributed by atoms with Crippen molar-refractivity contribution < 1.29 is 22.8 Å². The predicted octanol–water partition coefficient (Wildman–Crippen LogP) is 0.964. The van der Waals surface area contributed by atoms with Crippen LogP contribution in [-0.2, 0) is 30.8 Å². The highest BCUT2D eigenvalue weighted by Crippen LogP contribution is 2.30. The van der Waals surface area contributed by atoms with Crippen LogP contribution >= 0.6 is 11.8 Å². The second-order valence-electron chi connectivity index (χ2n) is 9.78. The molecule has 0 aromatic heterocycles. The van der Waals surface area contributed by atoms with Crippen LogP contribution in [0.1, 0.15) is 12.0 Å². The van der Waals surface area contributed by atoms with Gasteiger partial charge in [0.15, 0.2) is 0 Å². The molecule has 0 aliphatic rings. The third-order valence-corrected chi connectivity index (χ3v) is 9.18. The molecule has 0 saturated carbocycles. The standard InChI is InChI=1S/C29H38N6O5S2/c1-35(2)24-12-6-11-22-21(24)10-7-13-26(22)42(39,40)33-16-15-32-29(38)25(41-17-14-30)19-27(36)34-23(28(31)37)18-20-8-4-3-5-9-20/h3-13,23,25,33H,14-19,30H2,1-2H3,(H2,31,37)(H,32,38)(H,34,36)/t23-,25?/m0/s1. The average molecular weight is 615 g/mol. The lowest BCUT2D eigenvalue weighted by Crippen LogP contribution is -2.47. The molecule has 13 heteroatoms. The summed E-state index contributed by atoms with van der Waals surface area (Å²) < 4.78 is 28.8. The molecule has 0 heterocycles. The summed E-state index contributed by atoms with van der Waals surface area (Å²) in [7, 11) is -0.0991. The van der Waals surface area contributed by atoms with E-state index in [1.54, 1.807) is 18.2 Å². The van der Waals surface area contributed by atoms with Gasteiger partial charge in [-0.15, -0.1) is 11.8 Å². The number of sulfonamides is 1. The summed E-state index contributed by atoms with van der Waals surface area (Å²) >= 11 is 1.21. The summed E-state index contributed by atoms with van der Waals surface area (Å²) in [5.74, 6) is -1.20. The van der Waals surface area contributed by atoms with Gasteiger partial charge in [-0.25, -0.2) is 13.1 Å². The molecule has 3 rings (SSSR count). The van der Waals surface area contributed by atoms with Crippen LogP contribution in [0.3, 0.4) is 0 Å². The van der Waals surface area contributed by atoms with Crippen LogP contribution in [0.4, 0.5) is 5.69 Å². The monoisotopic (exact) mass is 614 g/mol. The Hall–Kier alpha value is -3.65. The van der Waals surface area contributed by atoms with Gasteiger partial charge < -0.3 is 27.0 Å². The number of nitrogens with one attached hydrogen (secondary N) is 3. The van der Waals surface area contributed by atoms with E-state index in [0.29, 0.717) is 17.7 Å². The number of anilines is 1. The Labute approximate surface area is 250 Å². The summed E-state index contributed by atoms with van der Waals surface area (Å²) in [6, 6.07) is 18.8. The molecule has 1 unspecified atom stereocenters. The van der Waals surface area contributed by atoms with Gasteiger partial charge in [0, 0.05) is 68.8 Å². The molecule has 0 spiro atoms. The number of rotatable bonds is 16. The van der Waals surface area contributed by atoms with Crippen LogP contribution in [-0.4, -0.2) is 76.9 Å². The quantitative estimate of drug-likeness (QED) is 0.148. The number of carbonyl (C=O) groups excluding carboxylic acids is 3. The van der Waals surface area contributed by atoms with Crippen molar-refractivity contribution in [2.24, 2.45) is 11.5 Å². The summed E-state index contributed by atoms with van der Waals surface area (Å²) in [5.41, 5.74) is 12.8. The number of nitrogens with zero attached hydrogens (tertiary/aromatic N) is 1. The van der Waals surface area contributed by atoms with Gasteiger partial charge in [0.25, 0.3) is 0 Å². The fourth-order valence-electron chi connectivity index (χ4n) is 4.38. The van der Waals surface area contributed by atoms with E-state index in [9.17, 15) is 22.8 Å². The summed E-state index contributed by atoms with van der Waals surface area (Å²) in [5, 5.41) is 5.92. The smallest absolute Gasteiger partial charge is 0.241 e. The van der Waals surface area contributed by atoms with Crippen LogP contribution in [0, 0.1) is 0 Å². The topological polar surface area (TPSA) is 177 Å². The van der Waals surface area contributed by atoms with Crippen molar-refractivity contribution in [2.45, 2.75) is 29.0 Å². The molecule has 0 radical (unpaired) electrons. The third-order valence-electron chi connectivity index (χ3n) is 6.41. The minimum Gasteiger partial charge on any atom is -0.377 e. The minimum atomic E-state index is -3.88. The highest BCUT2D eigenvalue weighted by atomic mass is 32.2. The number of benzene rings is 3. The first-order valence-corrected chi connectivity index (χ1v) is 16.0. The van der Waals surface area contributed by atoms with Crippen LogP contribution in [0.2, 0.25) is 0 Å². The Kier molecular flexibility index (Phi) is 12.2. The van der Waals surface area contributed by atoms with Gasteiger partial charge in [-0.3, -0.25) is 14.4 Å². The first-order valence-electron chi connectivity index (χ1n) is 13.4. The van der Waals surface area contributed by atoms with Crippen molar-refractivity contribution >= 4 is 56.0 Å². The highest BCUT2D eigenvalue weighted by molar-refractivity contribution is 8.00. The van der Waals surface area contributed by atoms with E-state index in [4.69, 9.17) is 11.5 Å². The predicted molar refractivity (Wildman–Crippen MR) is 168 cm³/mol. The van der Waals surface area contributed by atoms with Crippen LogP contribution in [0.15, 0.2) is 71.6 Å². The molecule has 3 aromatic rings. The van der Waals surface area contributed by atoms with Crippen molar-refractivity contribution in [3.05, 3.63) is 72.3 Å². The summed E-state index contributed by atoms with van der Waals surface area (Å²) in [6.07, 6.45) is 0.0209. The number of nitrogens with two attached hydrogens (primary N) is 2. The zero-order valence-corrected chi connectivity index (χ0v) is 25.3. The van der Waals surface area contributed by atoms with E-state index < -0.39 is 39.0 Å². The summed E-state index contributed by atoms with van der Waals surface area (Å²) in [4.78, 5) is 39.7. The van der Waals surface area contributed by atoms with Gasteiger partial charge in [0.05, 0.1) is 10.1 Å². The number of carbonyl (C=O) groups is 3. The number of hydrogen-bond acceptors (Lipinski definition) is 8. The van der Waals surface area contributed by atoms with E-state index in [1.165, 1.54) is 17.8 Å². The maximum atomic E-state index is 13.1. The van der Waals surface area contributed by atoms with E-state index in [-0.39, 0.29) is 30.8 Å². The molecule has 3 amide bonds. The maximum Gasteiger partial charge on any atom is 0.241 e. The van der Waals surface area contributed by atoms with Gasteiger partial charge in [0.1, 0.15) is 6.04 Å². The third kappa shape index (κ3) is 9.18. The zero-order valence-electron chi connectivity index (χ0n) is 23.7. The van der Waals surface area contributed by atoms with Crippen LogP contribution < -0.4 is 31.7 Å². The average Bonchev–Trinajstić information content (AvgIpc) is 2.96. The van der Waals surface area contributed by atoms with E-state index in [0.717, 1.165) is 16.6 Å². The highest BCUT2D eigenvalue weighted by Gasteiger charge is 2.26. The lowest BCUT2D eigenvalue weighted by molar-refractivity contribution is -0.128. The Morgan fingerprint density at radius 2 is 1.62 bits per heavy atom. The van der Waals surface area contributed by atoms with Gasteiger partial charge in [-0.1, -0.05) is 54.6 Å². The van der Waals surface area contributed by atoms with Crippen LogP contribution in [0.5, 0.6) is 0 Å². The summed E-state index contributed by atoms with van der Waals surface area (Å²) in [6.45, 7) is 0.248. The molecule has 42 heavy (non-hydrogen) atoms. The van der Waals surface area contributed by atoms with Gasteiger partial charge in [-0.05, 0) is 17.7 Å². The van der Waals surface area contributed by atoms with Crippen molar-refractivity contribution in [3.63, 3.8) is 0 Å². The Morgan fingerprint density at radius 1 is 0.929 bits per heavy atom. The molecular weight excluding hydrogens is 576 g/mol. The normalized spacial score (nSPS) is 12.8. The van der Waals surface area contributed by atoms with Gasteiger partial charge >= 0.3 is 0 Å². The Bertz CT molecular complexity index is 1480. The zero-order chi connectivity index (χ0) is 30.7. The van der Waals surface area contributed by atoms with E-state index >= 15 is 0 Å². The number of amides is 3. The first kappa shape index (κ1) is 32.9. The number of fused-ring (bicyclic) bond motifs is 1. The molecule has 0 aliphatic heterocycles. The molecule has 11 nitrogen and oxygen atoms in total. The molecule has 0 saturated heterocycles. The minimum absolute atomic E-state index is 0.00496. The van der Waals surface area contributed by atoms with Crippen molar-refractivity contribution in [1.29, 1.82) is 0 Å². The van der Waals surface area contributed by atoms with Gasteiger partial charge in [0.2, 0.25) is 27.7 Å². The first-order chi connectivity index (χ1) is 20.0. The number of thioether (sulfide) groups is 1. The molecule has 7 N–H and O–H groups in total. The number of primary amides is 1. The SMILES string of the molecule is CN(C)c1cccc2c(S(=O)(=O)NCCNC(=O)C(CC(=O)N[C@@H](Cc3ccccc3)C(N)=O)SCCN)cccc12. The second kappa shape index (κ2) is 15.5. The van der Waals surface area contributed by atoms with E-state index in [1.807, 2.05) is 61.5 Å². The number of hydrogen-bond donors (Lipinski definition) is 5. The van der Waals surface area contributed by atoms with Crippen molar-refractivity contribution in [3.8, 4) is 0 Å². The lowest BCUT2D eigenvalue weighted by atomic mass is 10.1. The van der Waals surface area contributed by atoms with Crippen molar-refractivity contribution in [2.75, 3.05) is 44.4 Å². The molecule has 3 aromatic carbocycles. The molecule has 0 aliphatic carbocycles. The maximum absolute atomic E-state index is 13.1. The van der Waals surface area contributed by atoms with Crippen molar-refractivity contribution in [1.82, 2.24) is 15.4 Å².